The molecule has 0 aromatic heterocycles. The van der Waals surface area contributed by atoms with Gasteiger partial charge in [-0.15, -0.1) is 0 Å². The van der Waals surface area contributed by atoms with Crippen LogP contribution in [-0.2, 0) is 9.59 Å². The number of fused-ring (bicyclic) bond motifs is 8. The lowest BCUT2D eigenvalue weighted by Gasteiger charge is -2.57. The molecule has 2 N–H and O–H groups in total. The minimum absolute atomic E-state index is 0.139. The van der Waals surface area contributed by atoms with Crippen LogP contribution in [0.15, 0.2) is 0 Å². The second-order valence-electron chi connectivity index (χ2n) is 12.9. The fraction of sp³-hybridized carbons (Fsp3) is 0.929. The molecule has 0 aromatic carbocycles. The van der Waals surface area contributed by atoms with Crippen molar-refractivity contribution in [2.45, 2.75) is 114 Å². The van der Waals surface area contributed by atoms with Crippen LogP contribution in [0.1, 0.15) is 89.9 Å². The summed E-state index contributed by atoms with van der Waals surface area (Å²) < 4.78 is 0. The van der Waals surface area contributed by atoms with Crippen LogP contribution in [0.25, 0.3) is 0 Å². The van der Waals surface area contributed by atoms with Gasteiger partial charge in [-0.2, -0.15) is 0 Å². The van der Waals surface area contributed by atoms with Crippen molar-refractivity contribution in [1.29, 1.82) is 0 Å². The third kappa shape index (κ3) is 3.07. The quantitative estimate of drug-likeness (QED) is 0.593. The van der Waals surface area contributed by atoms with Gasteiger partial charge >= 0.3 is 0 Å². The van der Waals surface area contributed by atoms with Crippen LogP contribution in [0.5, 0.6) is 0 Å². The van der Waals surface area contributed by atoms with E-state index in [-0.39, 0.29) is 35.8 Å². The van der Waals surface area contributed by atoms with Crippen molar-refractivity contribution in [1.82, 2.24) is 10.6 Å². The highest BCUT2D eigenvalue weighted by atomic mass is 16.1. The molecule has 0 spiro atoms. The summed E-state index contributed by atoms with van der Waals surface area (Å²) in [4.78, 5) is 27.6. The smallest absolute Gasteiger partial charge is 0.142 e. The van der Waals surface area contributed by atoms with E-state index in [0.717, 1.165) is 37.5 Å². The molecule has 0 radical (unpaired) electrons. The molecule has 32 heavy (non-hydrogen) atoms. The largest absolute Gasteiger partial charge is 0.309 e. The van der Waals surface area contributed by atoms with Gasteiger partial charge in [-0.1, -0.05) is 38.5 Å². The van der Waals surface area contributed by atoms with E-state index in [1.54, 1.807) is 0 Å². The van der Waals surface area contributed by atoms with Crippen molar-refractivity contribution < 1.29 is 9.59 Å². The predicted octanol–water partition coefficient (Wildman–Crippen LogP) is 4.26. The first-order valence-electron chi connectivity index (χ1n) is 14.3. The predicted molar refractivity (Wildman–Crippen MR) is 124 cm³/mol. The molecule has 12 atom stereocenters. The number of carbonyl (C=O) groups is 2. The number of piperidine rings is 2. The average molecular weight is 439 g/mol. The highest BCUT2D eigenvalue weighted by Crippen LogP contribution is 2.51. The SMILES string of the molecule is O=C1C2CC3NC4C(CCC5CCCCC54)C(=O)C3CC2NC2C1CCC1CCCCC12. The van der Waals surface area contributed by atoms with Gasteiger partial charge in [-0.25, -0.2) is 0 Å². The molecule has 7 fully saturated rings. The van der Waals surface area contributed by atoms with Gasteiger partial charge in [0.15, 0.2) is 0 Å². The Morgan fingerprint density at radius 1 is 0.500 bits per heavy atom. The first kappa shape index (κ1) is 20.6. The fourth-order valence-corrected chi connectivity index (χ4v) is 10.2. The van der Waals surface area contributed by atoms with Crippen LogP contribution in [0, 0.1) is 47.3 Å². The van der Waals surface area contributed by atoms with Gasteiger partial charge in [0.2, 0.25) is 0 Å². The van der Waals surface area contributed by atoms with Gasteiger partial charge < -0.3 is 10.6 Å². The van der Waals surface area contributed by atoms with E-state index in [9.17, 15) is 9.59 Å². The van der Waals surface area contributed by atoms with Gasteiger partial charge in [0.25, 0.3) is 0 Å². The number of rotatable bonds is 0. The lowest BCUT2D eigenvalue weighted by Crippen LogP contribution is -2.70. The summed E-state index contributed by atoms with van der Waals surface area (Å²) in [7, 11) is 0. The number of Topliss-reactive ketones (excluding diaryl/α,β-unsaturated/α-hetero) is 2. The Bertz CT molecular complexity index is 717. The van der Waals surface area contributed by atoms with Crippen LogP contribution in [-0.4, -0.2) is 35.7 Å². The van der Waals surface area contributed by atoms with Crippen LogP contribution >= 0.6 is 0 Å². The van der Waals surface area contributed by atoms with Gasteiger partial charge in [0.1, 0.15) is 11.6 Å². The summed E-state index contributed by atoms with van der Waals surface area (Å²) in [6, 6.07) is 1.30. The third-order valence-electron chi connectivity index (χ3n) is 11.7. The highest BCUT2D eigenvalue weighted by Gasteiger charge is 2.57. The van der Waals surface area contributed by atoms with E-state index < -0.39 is 0 Å². The average Bonchev–Trinajstić information content (AvgIpc) is 2.83. The van der Waals surface area contributed by atoms with E-state index in [1.165, 1.54) is 64.2 Å². The Hall–Kier alpha value is -0.740. The van der Waals surface area contributed by atoms with E-state index in [1.807, 2.05) is 0 Å². The standard InChI is InChI=1S/C28H42N2O2/c31-27-19-11-9-15-5-1-3-7-17(15)25(19)29-23-13-22-24(14-21(23)27)30-26-18-8-4-2-6-16(18)10-12-20(26)28(22)32/h15-26,29-30H,1-14H2. The van der Waals surface area contributed by atoms with Gasteiger partial charge in [0, 0.05) is 47.8 Å². The molecule has 0 bridgehead atoms. The fourth-order valence-electron chi connectivity index (χ4n) is 10.2. The van der Waals surface area contributed by atoms with Crippen LogP contribution in [0.2, 0.25) is 0 Å². The number of hydrogen-bond acceptors (Lipinski definition) is 4. The Morgan fingerprint density at radius 2 is 0.938 bits per heavy atom. The second-order valence-corrected chi connectivity index (χ2v) is 12.9. The Labute approximate surface area is 193 Å². The molecule has 4 nitrogen and oxygen atoms in total. The lowest BCUT2D eigenvalue weighted by molar-refractivity contribution is -0.147. The van der Waals surface area contributed by atoms with Crippen molar-refractivity contribution in [2.24, 2.45) is 47.3 Å². The van der Waals surface area contributed by atoms with E-state index in [0.29, 0.717) is 35.5 Å². The zero-order valence-electron chi connectivity index (χ0n) is 19.6. The van der Waals surface area contributed by atoms with Crippen LogP contribution < -0.4 is 10.6 Å². The highest BCUT2D eigenvalue weighted by molar-refractivity contribution is 5.89. The van der Waals surface area contributed by atoms with Crippen molar-refractivity contribution in [3.8, 4) is 0 Å². The number of ketones is 2. The van der Waals surface area contributed by atoms with Gasteiger partial charge in [-0.05, 0) is 75.0 Å². The molecule has 4 heteroatoms. The Balaban J connectivity index is 1.12. The molecule has 12 unspecified atom stereocenters. The minimum atomic E-state index is 0.139. The molecule has 2 aliphatic heterocycles. The molecule has 176 valence electrons. The second kappa shape index (κ2) is 7.90. The summed E-state index contributed by atoms with van der Waals surface area (Å²) >= 11 is 0. The topological polar surface area (TPSA) is 58.2 Å². The van der Waals surface area contributed by atoms with Crippen molar-refractivity contribution in [3.05, 3.63) is 0 Å². The number of carbonyl (C=O) groups excluding carboxylic acids is 2. The number of hydrogen-bond donors (Lipinski definition) is 2. The van der Waals surface area contributed by atoms with Crippen LogP contribution in [0.4, 0.5) is 0 Å². The molecule has 2 heterocycles. The van der Waals surface area contributed by atoms with E-state index in [2.05, 4.69) is 10.6 Å². The third-order valence-corrected chi connectivity index (χ3v) is 11.7. The first-order valence-corrected chi connectivity index (χ1v) is 14.3. The maximum Gasteiger partial charge on any atom is 0.142 e. The molecule has 2 saturated heterocycles. The zero-order valence-corrected chi connectivity index (χ0v) is 19.6. The van der Waals surface area contributed by atoms with Crippen molar-refractivity contribution >= 4 is 11.6 Å². The van der Waals surface area contributed by atoms with E-state index in [4.69, 9.17) is 0 Å². The molecule has 7 aliphatic rings. The molecule has 0 aromatic rings. The summed E-state index contributed by atoms with van der Waals surface area (Å²) in [5, 5.41) is 8.11. The van der Waals surface area contributed by atoms with Gasteiger partial charge in [-0.3, -0.25) is 9.59 Å². The minimum Gasteiger partial charge on any atom is -0.309 e. The molecule has 7 rings (SSSR count). The van der Waals surface area contributed by atoms with Crippen molar-refractivity contribution in [3.63, 3.8) is 0 Å². The Kier molecular flexibility index (Phi) is 5.09. The normalized spacial score (nSPS) is 54.9. The first-order chi connectivity index (χ1) is 15.7. The summed E-state index contributed by atoms with van der Waals surface area (Å²) in [6.07, 6.45) is 17.4. The number of nitrogens with one attached hydrogen (secondary N) is 2. The maximum atomic E-state index is 13.8. The molecular formula is C28H42N2O2. The summed E-state index contributed by atoms with van der Waals surface area (Å²) in [6.45, 7) is 0. The lowest BCUT2D eigenvalue weighted by atomic mass is 9.55. The Morgan fingerprint density at radius 3 is 1.41 bits per heavy atom. The molecule has 5 aliphatic carbocycles. The van der Waals surface area contributed by atoms with Crippen LogP contribution in [0.3, 0.4) is 0 Å². The molecule has 0 amide bonds. The summed E-state index contributed by atoms with van der Waals surface area (Å²) in [5.41, 5.74) is 0. The summed E-state index contributed by atoms with van der Waals surface area (Å²) in [5.74, 6) is 4.99. The molecular weight excluding hydrogens is 396 g/mol. The maximum absolute atomic E-state index is 13.8. The van der Waals surface area contributed by atoms with Crippen molar-refractivity contribution in [2.75, 3.05) is 0 Å². The van der Waals surface area contributed by atoms with Gasteiger partial charge in [0.05, 0.1) is 0 Å². The monoisotopic (exact) mass is 438 g/mol. The zero-order chi connectivity index (χ0) is 21.4. The van der Waals surface area contributed by atoms with E-state index >= 15 is 0 Å². The molecule has 5 saturated carbocycles.